The van der Waals surface area contributed by atoms with Crippen molar-refractivity contribution in [2.45, 2.75) is 34.7 Å². The van der Waals surface area contributed by atoms with Gasteiger partial charge in [-0.25, -0.2) is 4.79 Å². The van der Waals surface area contributed by atoms with E-state index in [1.165, 1.54) is 0 Å². The SMILES string of the molecule is CC(C)(C)NC(=O)N[C@@H](O)C(Br)(Br)Br. The number of urea groups is 1. The minimum atomic E-state index is -1.09. The first-order valence-corrected chi connectivity index (χ1v) is 6.24. The van der Waals surface area contributed by atoms with Gasteiger partial charge in [0, 0.05) is 5.54 Å². The van der Waals surface area contributed by atoms with E-state index in [1.807, 2.05) is 20.8 Å². The molecule has 0 rings (SSSR count). The molecule has 0 aromatic heterocycles. The molecule has 0 aromatic rings. The number of aliphatic hydroxyl groups excluding tert-OH is 1. The summed E-state index contributed by atoms with van der Waals surface area (Å²) in [5.41, 5.74) is -0.336. The van der Waals surface area contributed by atoms with E-state index in [1.54, 1.807) is 0 Å². The molecule has 0 bridgehead atoms. The molecule has 0 unspecified atom stereocenters. The third-order valence-electron chi connectivity index (χ3n) is 1.07. The molecule has 14 heavy (non-hydrogen) atoms. The number of halogens is 3. The largest absolute Gasteiger partial charge is 0.370 e. The molecule has 4 nitrogen and oxygen atoms in total. The lowest BCUT2D eigenvalue weighted by atomic mass is 10.1. The second kappa shape index (κ2) is 5.14. The van der Waals surface area contributed by atoms with Gasteiger partial charge in [0.2, 0.25) is 0 Å². The lowest BCUT2D eigenvalue weighted by Gasteiger charge is -2.25. The summed E-state index contributed by atoms with van der Waals surface area (Å²) in [5, 5.41) is 14.4. The van der Waals surface area contributed by atoms with Crippen molar-refractivity contribution in [2.24, 2.45) is 0 Å². The van der Waals surface area contributed by atoms with Crippen LogP contribution in [0.15, 0.2) is 0 Å². The predicted octanol–water partition coefficient (Wildman–Crippen LogP) is 2.24. The van der Waals surface area contributed by atoms with E-state index in [0.29, 0.717) is 0 Å². The Kier molecular flexibility index (Phi) is 5.38. The fourth-order valence-corrected chi connectivity index (χ4v) is 0.926. The zero-order valence-corrected chi connectivity index (χ0v) is 12.8. The van der Waals surface area contributed by atoms with Gasteiger partial charge in [0.05, 0.1) is 0 Å². The number of hydrogen-bond donors (Lipinski definition) is 3. The van der Waals surface area contributed by atoms with E-state index in [4.69, 9.17) is 0 Å². The Labute approximate surface area is 109 Å². The van der Waals surface area contributed by atoms with Crippen molar-refractivity contribution >= 4 is 53.8 Å². The summed E-state index contributed by atoms with van der Waals surface area (Å²) >= 11 is 9.28. The number of carbonyl (C=O) groups excluding carboxylic acids is 1. The van der Waals surface area contributed by atoms with Crippen LogP contribution in [-0.2, 0) is 0 Å². The zero-order chi connectivity index (χ0) is 11.6. The van der Waals surface area contributed by atoms with Crippen LogP contribution in [0.25, 0.3) is 0 Å². The summed E-state index contributed by atoms with van der Waals surface area (Å²) < 4.78 is -0.914. The van der Waals surface area contributed by atoms with Crippen LogP contribution in [-0.4, -0.2) is 25.0 Å². The van der Waals surface area contributed by atoms with Crippen molar-refractivity contribution in [3.8, 4) is 0 Å². The fraction of sp³-hybridized carbons (Fsp3) is 0.857. The Morgan fingerprint density at radius 1 is 1.29 bits per heavy atom. The first kappa shape index (κ1) is 14.7. The summed E-state index contributed by atoms with van der Waals surface area (Å²) in [6, 6.07) is -0.437. The highest BCUT2D eigenvalue weighted by Crippen LogP contribution is 2.35. The van der Waals surface area contributed by atoms with Crippen LogP contribution >= 0.6 is 47.8 Å². The molecular formula is C7H13Br3N2O2. The van der Waals surface area contributed by atoms with Gasteiger partial charge in [0.15, 0.2) is 8.37 Å². The molecule has 0 aliphatic rings. The van der Waals surface area contributed by atoms with Crippen LogP contribution < -0.4 is 10.6 Å². The monoisotopic (exact) mass is 394 g/mol. The third-order valence-corrected chi connectivity index (χ3v) is 2.37. The average Bonchev–Trinajstić information content (AvgIpc) is 1.79. The molecule has 84 valence electrons. The van der Waals surface area contributed by atoms with Crippen molar-refractivity contribution in [1.82, 2.24) is 10.6 Å². The first-order chi connectivity index (χ1) is 6.02. The molecule has 0 saturated heterocycles. The summed E-state index contributed by atoms with van der Waals surface area (Å²) in [4.78, 5) is 11.3. The summed E-state index contributed by atoms with van der Waals surface area (Å²) in [7, 11) is 0. The number of amides is 2. The van der Waals surface area contributed by atoms with Gasteiger partial charge in [-0.15, -0.1) is 0 Å². The number of aliphatic hydroxyl groups is 1. The van der Waals surface area contributed by atoms with Crippen LogP contribution in [0.1, 0.15) is 20.8 Å². The van der Waals surface area contributed by atoms with Crippen molar-refractivity contribution in [3.63, 3.8) is 0 Å². The molecule has 0 aliphatic heterocycles. The molecule has 0 heterocycles. The maximum Gasteiger partial charge on any atom is 0.317 e. The van der Waals surface area contributed by atoms with Gasteiger partial charge in [0.25, 0.3) is 0 Å². The second-order valence-electron chi connectivity index (χ2n) is 3.79. The highest BCUT2D eigenvalue weighted by atomic mass is 80.0. The van der Waals surface area contributed by atoms with Crippen LogP contribution in [0.2, 0.25) is 0 Å². The third kappa shape index (κ3) is 7.03. The molecule has 0 saturated carbocycles. The second-order valence-corrected chi connectivity index (χ2v) is 10.7. The van der Waals surface area contributed by atoms with E-state index in [0.717, 1.165) is 0 Å². The summed E-state index contributed by atoms with van der Waals surface area (Å²) in [5.74, 6) is 0. The molecule has 0 aliphatic carbocycles. The molecule has 0 radical (unpaired) electrons. The van der Waals surface area contributed by atoms with Crippen LogP contribution in [0, 0.1) is 0 Å². The van der Waals surface area contributed by atoms with E-state index in [2.05, 4.69) is 58.4 Å². The van der Waals surface area contributed by atoms with Gasteiger partial charge in [-0.3, -0.25) is 0 Å². The molecule has 7 heteroatoms. The highest BCUT2D eigenvalue weighted by Gasteiger charge is 2.30. The average molecular weight is 397 g/mol. The molecule has 0 aromatic carbocycles. The Balaban J connectivity index is 4.09. The van der Waals surface area contributed by atoms with E-state index in [-0.39, 0.29) is 5.54 Å². The Morgan fingerprint density at radius 3 is 2.00 bits per heavy atom. The predicted molar refractivity (Wildman–Crippen MR) is 66.9 cm³/mol. The lowest BCUT2D eigenvalue weighted by Crippen LogP contribution is -2.52. The van der Waals surface area contributed by atoms with Gasteiger partial charge in [-0.2, -0.15) is 0 Å². The Hall–Kier alpha value is 0.670. The molecular weight excluding hydrogens is 384 g/mol. The normalized spacial score (nSPS) is 14.8. The smallest absolute Gasteiger partial charge is 0.317 e. The lowest BCUT2D eigenvalue weighted by molar-refractivity contribution is 0.150. The van der Waals surface area contributed by atoms with Crippen LogP contribution in [0.5, 0.6) is 0 Å². The molecule has 2 amide bonds. The molecule has 1 atom stereocenters. The van der Waals surface area contributed by atoms with E-state index < -0.39 is 14.4 Å². The van der Waals surface area contributed by atoms with Gasteiger partial charge < -0.3 is 15.7 Å². The van der Waals surface area contributed by atoms with Crippen LogP contribution in [0.4, 0.5) is 4.79 Å². The quantitative estimate of drug-likeness (QED) is 0.470. The van der Waals surface area contributed by atoms with Crippen LogP contribution in [0.3, 0.4) is 0 Å². The molecule has 3 N–H and O–H groups in total. The van der Waals surface area contributed by atoms with Gasteiger partial charge in [0.1, 0.15) is 0 Å². The summed E-state index contributed by atoms with van der Waals surface area (Å²) in [6.07, 6.45) is -1.09. The standard InChI is InChI=1S/C7H13Br3N2O2/c1-6(2,3)12-5(14)11-4(13)7(8,9)10/h4,13H,1-3H3,(H2,11,12,14)/t4-/m0/s1. The fourth-order valence-electron chi connectivity index (χ4n) is 0.583. The number of hydrogen-bond acceptors (Lipinski definition) is 2. The van der Waals surface area contributed by atoms with Crippen molar-refractivity contribution in [3.05, 3.63) is 0 Å². The minimum Gasteiger partial charge on any atom is -0.370 e. The molecule has 0 fully saturated rings. The number of alkyl halides is 3. The maximum atomic E-state index is 11.3. The zero-order valence-electron chi connectivity index (χ0n) is 8.07. The maximum absolute atomic E-state index is 11.3. The van der Waals surface area contributed by atoms with Crippen molar-refractivity contribution in [1.29, 1.82) is 0 Å². The number of carbonyl (C=O) groups is 1. The summed E-state index contributed by atoms with van der Waals surface area (Å²) in [6.45, 7) is 5.55. The van der Waals surface area contributed by atoms with Crippen molar-refractivity contribution < 1.29 is 9.90 Å². The minimum absolute atomic E-state index is 0.336. The van der Waals surface area contributed by atoms with Crippen molar-refractivity contribution in [2.75, 3.05) is 0 Å². The van der Waals surface area contributed by atoms with E-state index >= 15 is 0 Å². The van der Waals surface area contributed by atoms with Gasteiger partial charge >= 0.3 is 6.03 Å². The Bertz CT molecular complexity index is 210. The van der Waals surface area contributed by atoms with Gasteiger partial charge in [-0.1, -0.05) is 47.8 Å². The highest BCUT2D eigenvalue weighted by molar-refractivity contribution is 9.39. The molecule has 0 spiro atoms. The Morgan fingerprint density at radius 2 is 1.71 bits per heavy atom. The van der Waals surface area contributed by atoms with Gasteiger partial charge in [-0.05, 0) is 20.8 Å². The number of nitrogens with one attached hydrogen (secondary N) is 2. The first-order valence-electron chi connectivity index (χ1n) is 3.86. The number of rotatable bonds is 1. The van der Waals surface area contributed by atoms with E-state index in [9.17, 15) is 9.90 Å². The topological polar surface area (TPSA) is 61.4 Å².